The minimum Gasteiger partial charge on any atom is -0.508 e. The van der Waals surface area contributed by atoms with Gasteiger partial charge in [-0.2, -0.15) is 0 Å². The van der Waals surface area contributed by atoms with Crippen LogP contribution >= 0.6 is 23.4 Å². The molecule has 110 valence electrons. The molecular formula is C14H18ClNO3S. The van der Waals surface area contributed by atoms with E-state index in [2.05, 4.69) is 5.32 Å². The highest BCUT2D eigenvalue weighted by molar-refractivity contribution is 8.01. The zero-order valence-corrected chi connectivity index (χ0v) is 13.2. The van der Waals surface area contributed by atoms with Crippen molar-refractivity contribution in [1.29, 1.82) is 0 Å². The van der Waals surface area contributed by atoms with Crippen LogP contribution in [0.1, 0.15) is 31.7 Å². The molecule has 0 bridgehead atoms. The van der Waals surface area contributed by atoms with Gasteiger partial charge in [0.1, 0.15) is 11.8 Å². The van der Waals surface area contributed by atoms with Crippen molar-refractivity contribution in [3.05, 3.63) is 28.8 Å². The standard InChI is InChI=1S/C14H18ClNO3S/c1-4-19-13(18)11-14(2,3)20-12(16-11)9-7-8(15)5-6-10(9)17/h5-7,11-12,16-17H,4H2,1-3H3/t11-,12-/m0/s1. The molecule has 0 amide bonds. The van der Waals surface area contributed by atoms with Gasteiger partial charge in [-0.05, 0) is 39.0 Å². The predicted molar refractivity (Wildman–Crippen MR) is 81.1 cm³/mol. The number of benzene rings is 1. The Morgan fingerprint density at radius 2 is 2.25 bits per heavy atom. The lowest BCUT2D eigenvalue weighted by atomic mass is 10.0. The third-order valence-electron chi connectivity index (χ3n) is 3.23. The summed E-state index contributed by atoms with van der Waals surface area (Å²) in [6.45, 7) is 6.10. The quantitative estimate of drug-likeness (QED) is 0.839. The van der Waals surface area contributed by atoms with Gasteiger partial charge in [-0.1, -0.05) is 11.6 Å². The maximum atomic E-state index is 12.0. The van der Waals surface area contributed by atoms with Crippen LogP contribution in [0.4, 0.5) is 0 Å². The van der Waals surface area contributed by atoms with Crippen LogP contribution in [-0.4, -0.2) is 28.5 Å². The highest BCUT2D eigenvalue weighted by Gasteiger charge is 2.46. The normalized spacial score (nSPS) is 24.6. The van der Waals surface area contributed by atoms with Crippen molar-refractivity contribution in [2.45, 2.75) is 36.9 Å². The molecule has 6 heteroatoms. The smallest absolute Gasteiger partial charge is 0.324 e. The van der Waals surface area contributed by atoms with Gasteiger partial charge in [0, 0.05) is 15.3 Å². The Labute approximate surface area is 127 Å². The molecule has 2 atom stereocenters. The van der Waals surface area contributed by atoms with Gasteiger partial charge < -0.3 is 9.84 Å². The first-order valence-corrected chi connectivity index (χ1v) is 7.70. The van der Waals surface area contributed by atoms with E-state index in [-0.39, 0.29) is 21.8 Å². The number of ether oxygens (including phenoxy) is 1. The molecule has 1 aliphatic heterocycles. The Bertz CT molecular complexity index is 521. The SMILES string of the molecule is CCOC(=O)[C@@H]1N[C@H](c2cc(Cl)ccc2O)SC1(C)C. The molecule has 0 radical (unpaired) electrons. The van der Waals surface area contributed by atoms with Crippen molar-refractivity contribution in [3.8, 4) is 5.75 Å². The van der Waals surface area contributed by atoms with E-state index in [1.165, 1.54) is 0 Å². The number of aromatic hydroxyl groups is 1. The summed E-state index contributed by atoms with van der Waals surface area (Å²) in [5.41, 5.74) is 0.683. The highest BCUT2D eigenvalue weighted by Crippen LogP contribution is 2.48. The first kappa shape index (κ1) is 15.5. The van der Waals surface area contributed by atoms with Crippen LogP contribution in [0, 0.1) is 0 Å². The number of rotatable bonds is 3. The fraction of sp³-hybridized carbons (Fsp3) is 0.500. The van der Waals surface area contributed by atoms with Gasteiger partial charge in [0.05, 0.1) is 12.0 Å². The van der Waals surface area contributed by atoms with Crippen LogP contribution in [0.25, 0.3) is 0 Å². The summed E-state index contributed by atoms with van der Waals surface area (Å²) in [5, 5.41) is 13.5. The summed E-state index contributed by atoms with van der Waals surface area (Å²) in [6, 6.07) is 4.49. The zero-order chi connectivity index (χ0) is 14.9. The van der Waals surface area contributed by atoms with Gasteiger partial charge >= 0.3 is 5.97 Å². The van der Waals surface area contributed by atoms with Crippen LogP contribution in [0.3, 0.4) is 0 Å². The highest BCUT2D eigenvalue weighted by atomic mass is 35.5. The third kappa shape index (κ3) is 3.05. The summed E-state index contributed by atoms with van der Waals surface area (Å²) in [7, 11) is 0. The molecule has 1 aromatic rings. The number of carbonyl (C=O) groups is 1. The molecule has 1 aliphatic rings. The summed E-state index contributed by atoms with van der Waals surface area (Å²) in [6.07, 6.45) is 0. The number of carbonyl (C=O) groups excluding carboxylic acids is 1. The van der Waals surface area contributed by atoms with Crippen LogP contribution in [-0.2, 0) is 9.53 Å². The maximum absolute atomic E-state index is 12.0. The molecule has 0 aliphatic carbocycles. The van der Waals surface area contributed by atoms with Crippen molar-refractivity contribution in [2.24, 2.45) is 0 Å². The Morgan fingerprint density at radius 1 is 1.55 bits per heavy atom. The van der Waals surface area contributed by atoms with E-state index in [4.69, 9.17) is 16.3 Å². The molecule has 1 fully saturated rings. The second-order valence-corrected chi connectivity index (χ2v) is 7.35. The third-order valence-corrected chi connectivity index (χ3v) is 4.93. The molecule has 2 rings (SSSR count). The predicted octanol–water partition coefficient (Wildman–Crippen LogP) is 3.09. The van der Waals surface area contributed by atoms with E-state index in [9.17, 15) is 9.90 Å². The lowest BCUT2D eigenvalue weighted by Crippen LogP contribution is -2.44. The number of hydrogen-bond acceptors (Lipinski definition) is 5. The number of phenols is 1. The monoisotopic (exact) mass is 315 g/mol. The maximum Gasteiger partial charge on any atom is 0.324 e. The van der Waals surface area contributed by atoms with Crippen molar-refractivity contribution in [1.82, 2.24) is 5.32 Å². The molecule has 0 saturated carbocycles. The fourth-order valence-electron chi connectivity index (χ4n) is 2.22. The molecular weight excluding hydrogens is 298 g/mol. The fourth-order valence-corrected chi connectivity index (χ4v) is 3.83. The first-order chi connectivity index (χ1) is 9.35. The average molecular weight is 316 g/mol. The summed E-state index contributed by atoms with van der Waals surface area (Å²) < 4.78 is 4.77. The Kier molecular flexibility index (Phi) is 4.52. The van der Waals surface area contributed by atoms with Crippen molar-refractivity contribution < 1.29 is 14.6 Å². The van der Waals surface area contributed by atoms with E-state index >= 15 is 0 Å². The number of nitrogens with one attached hydrogen (secondary N) is 1. The number of phenolic OH excluding ortho intramolecular Hbond substituents is 1. The number of hydrogen-bond donors (Lipinski definition) is 2. The largest absolute Gasteiger partial charge is 0.508 e. The van der Waals surface area contributed by atoms with Gasteiger partial charge in [-0.15, -0.1) is 11.8 Å². The molecule has 2 N–H and O–H groups in total. The molecule has 0 unspecified atom stereocenters. The number of thioether (sulfide) groups is 1. The van der Waals surface area contributed by atoms with Crippen molar-refractivity contribution in [2.75, 3.05) is 6.61 Å². The molecule has 1 heterocycles. The molecule has 1 saturated heterocycles. The van der Waals surface area contributed by atoms with Gasteiger partial charge in [-0.25, -0.2) is 0 Å². The Hall–Kier alpha value is -0.910. The van der Waals surface area contributed by atoms with E-state index in [1.54, 1.807) is 36.9 Å². The van der Waals surface area contributed by atoms with Crippen LogP contribution in [0.15, 0.2) is 18.2 Å². The summed E-state index contributed by atoms with van der Waals surface area (Å²) in [5.74, 6) is -0.103. The summed E-state index contributed by atoms with van der Waals surface area (Å²) >= 11 is 7.55. The lowest BCUT2D eigenvalue weighted by molar-refractivity contribution is -0.146. The first-order valence-electron chi connectivity index (χ1n) is 6.44. The van der Waals surface area contributed by atoms with Gasteiger partial charge in [0.2, 0.25) is 0 Å². The van der Waals surface area contributed by atoms with Crippen LogP contribution in [0.2, 0.25) is 5.02 Å². The number of halogens is 1. The number of esters is 1. The topological polar surface area (TPSA) is 58.6 Å². The minimum atomic E-state index is -0.421. The second kappa shape index (κ2) is 5.84. The minimum absolute atomic E-state index is 0.166. The Morgan fingerprint density at radius 3 is 2.90 bits per heavy atom. The van der Waals surface area contributed by atoms with Crippen molar-refractivity contribution in [3.63, 3.8) is 0 Å². The van der Waals surface area contributed by atoms with Gasteiger partial charge in [-0.3, -0.25) is 10.1 Å². The van der Waals surface area contributed by atoms with Crippen LogP contribution < -0.4 is 5.32 Å². The molecule has 1 aromatic carbocycles. The van der Waals surface area contributed by atoms with Crippen LogP contribution in [0.5, 0.6) is 5.75 Å². The van der Waals surface area contributed by atoms with E-state index in [0.717, 1.165) is 0 Å². The van der Waals surface area contributed by atoms with Gasteiger partial charge in [0.25, 0.3) is 0 Å². The lowest BCUT2D eigenvalue weighted by Gasteiger charge is -2.22. The molecule has 4 nitrogen and oxygen atoms in total. The average Bonchev–Trinajstić information content (AvgIpc) is 2.68. The van der Waals surface area contributed by atoms with E-state index in [0.29, 0.717) is 17.2 Å². The zero-order valence-electron chi connectivity index (χ0n) is 11.6. The molecule has 0 spiro atoms. The second-order valence-electron chi connectivity index (χ2n) is 5.16. The van der Waals surface area contributed by atoms with E-state index < -0.39 is 6.04 Å². The van der Waals surface area contributed by atoms with Crippen molar-refractivity contribution >= 4 is 29.3 Å². The molecule has 0 aromatic heterocycles. The Balaban J connectivity index is 2.25. The summed E-state index contributed by atoms with van der Waals surface area (Å²) in [4.78, 5) is 12.0. The molecule has 20 heavy (non-hydrogen) atoms. The van der Waals surface area contributed by atoms with E-state index in [1.807, 2.05) is 13.8 Å². The van der Waals surface area contributed by atoms with Gasteiger partial charge in [0.15, 0.2) is 0 Å².